The molecule has 0 radical (unpaired) electrons. The van der Waals surface area contributed by atoms with E-state index >= 15 is 0 Å². The summed E-state index contributed by atoms with van der Waals surface area (Å²) < 4.78 is 41.4. The highest BCUT2D eigenvalue weighted by Crippen LogP contribution is 2.21. The maximum absolute atomic E-state index is 13.4. The number of sulfonamides is 1. The second-order valence-electron chi connectivity index (χ2n) is 8.50. The molecule has 0 saturated carbocycles. The summed E-state index contributed by atoms with van der Waals surface area (Å²) >= 11 is 5.93. The highest BCUT2D eigenvalue weighted by atomic mass is 35.5. The van der Waals surface area contributed by atoms with Crippen molar-refractivity contribution in [3.8, 4) is 0 Å². The lowest BCUT2D eigenvalue weighted by Gasteiger charge is -2.35. The van der Waals surface area contributed by atoms with Crippen LogP contribution in [0.4, 0.5) is 4.39 Å². The number of carbonyl (C=O) groups excluding carboxylic acids is 1. The van der Waals surface area contributed by atoms with Crippen molar-refractivity contribution in [2.45, 2.75) is 18.0 Å². The number of benzene rings is 3. The van der Waals surface area contributed by atoms with Crippen molar-refractivity contribution in [1.82, 2.24) is 14.1 Å². The van der Waals surface area contributed by atoms with Crippen LogP contribution in [0.15, 0.2) is 83.8 Å². The van der Waals surface area contributed by atoms with Crippen molar-refractivity contribution >= 4 is 27.5 Å². The number of halogens is 2. The molecule has 1 saturated heterocycles. The van der Waals surface area contributed by atoms with Crippen LogP contribution in [0.25, 0.3) is 0 Å². The Morgan fingerprint density at radius 3 is 2.11 bits per heavy atom. The molecule has 4 rings (SSSR count). The molecule has 1 fully saturated rings. The van der Waals surface area contributed by atoms with E-state index in [2.05, 4.69) is 17.0 Å². The van der Waals surface area contributed by atoms with Crippen LogP contribution in [0.3, 0.4) is 0 Å². The highest BCUT2D eigenvalue weighted by Gasteiger charge is 2.30. The molecule has 3 aromatic carbocycles. The van der Waals surface area contributed by atoms with Gasteiger partial charge in [0.2, 0.25) is 15.9 Å². The Morgan fingerprint density at radius 2 is 1.49 bits per heavy atom. The van der Waals surface area contributed by atoms with Gasteiger partial charge in [0.1, 0.15) is 5.82 Å². The van der Waals surface area contributed by atoms with Crippen LogP contribution in [0, 0.1) is 5.82 Å². The molecule has 1 amide bonds. The van der Waals surface area contributed by atoms with E-state index in [1.54, 1.807) is 4.90 Å². The average molecular weight is 516 g/mol. The van der Waals surface area contributed by atoms with E-state index < -0.39 is 15.8 Å². The van der Waals surface area contributed by atoms with E-state index in [0.717, 1.165) is 10.8 Å². The van der Waals surface area contributed by atoms with Gasteiger partial charge in [-0.3, -0.25) is 9.69 Å². The Labute approximate surface area is 210 Å². The number of nitrogens with zero attached hydrogens (tertiary/aromatic N) is 3. The van der Waals surface area contributed by atoms with Gasteiger partial charge in [0.25, 0.3) is 0 Å². The zero-order valence-corrected chi connectivity index (χ0v) is 20.8. The first kappa shape index (κ1) is 25.3. The molecule has 0 atom stereocenters. The lowest BCUT2D eigenvalue weighted by molar-refractivity contribution is -0.133. The highest BCUT2D eigenvalue weighted by molar-refractivity contribution is 7.89. The molecule has 6 nitrogen and oxygen atoms in total. The van der Waals surface area contributed by atoms with Gasteiger partial charge in [-0.25, -0.2) is 12.8 Å². The minimum Gasteiger partial charge on any atom is -0.339 e. The summed E-state index contributed by atoms with van der Waals surface area (Å²) in [6.45, 7) is 2.93. The van der Waals surface area contributed by atoms with Crippen LogP contribution in [-0.4, -0.2) is 61.2 Å². The molecule has 0 bridgehead atoms. The van der Waals surface area contributed by atoms with Crippen molar-refractivity contribution in [3.05, 3.63) is 101 Å². The molecule has 1 aliphatic rings. The van der Waals surface area contributed by atoms with Gasteiger partial charge in [-0.05, 0) is 47.5 Å². The molecule has 0 N–H and O–H groups in total. The van der Waals surface area contributed by atoms with Crippen LogP contribution in [-0.2, 0) is 27.9 Å². The molecule has 1 heterocycles. The van der Waals surface area contributed by atoms with Gasteiger partial charge >= 0.3 is 0 Å². The van der Waals surface area contributed by atoms with Gasteiger partial charge in [0.05, 0.1) is 11.4 Å². The monoisotopic (exact) mass is 515 g/mol. The maximum Gasteiger partial charge on any atom is 0.243 e. The second-order valence-corrected chi connectivity index (χ2v) is 10.9. The van der Waals surface area contributed by atoms with E-state index in [0.29, 0.717) is 36.8 Å². The summed E-state index contributed by atoms with van der Waals surface area (Å²) in [4.78, 5) is 17.2. The summed E-state index contributed by atoms with van der Waals surface area (Å²) in [6, 6.07) is 21.6. The summed E-state index contributed by atoms with van der Waals surface area (Å²) in [5.41, 5.74) is 1.80. The third-order valence-electron chi connectivity index (χ3n) is 6.01. The van der Waals surface area contributed by atoms with Gasteiger partial charge in [0.15, 0.2) is 0 Å². The number of carbonyl (C=O) groups is 1. The second kappa shape index (κ2) is 11.3. The van der Waals surface area contributed by atoms with Gasteiger partial charge in [-0.2, -0.15) is 4.31 Å². The average Bonchev–Trinajstić information content (AvgIpc) is 2.86. The smallest absolute Gasteiger partial charge is 0.243 e. The first-order chi connectivity index (χ1) is 16.8. The molecule has 0 aromatic heterocycles. The fourth-order valence-electron chi connectivity index (χ4n) is 4.02. The normalized spacial score (nSPS) is 14.9. The van der Waals surface area contributed by atoms with E-state index in [1.165, 1.54) is 54.1 Å². The predicted molar refractivity (Wildman–Crippen MR) is 134 cm³/mol. The summed E-state index contributed by atoms with van der Waals surface area (Å²) in [5.74, 6) is -0.672. The Bertz CT molecular complexity index is 1230. The molecule has 0 aliphatic carbocycles. The number of hydrogen-bond donors (Lipinski definition) is 0. The lowest BCUT2D eigenvalue weighted by atomic mass is 10.2. The van der Waals surface area contributed by atoms with Crippen LogP contribution < -0.4 is 0 Å². The molecule has 184 valence electrons. The number of rotatable bonds is 8. The minimum absolute atomic E-state index is 0.0458. The van der Waals surface area contributed by atoms with Crippen LogP contribution >= 0.6 is 11.6 Å². The fraction of sp³-hybridized carbons (Fsp3) is 0.269. The van der Waals surface area contributed by atoms with Gasteiger partial charge < -0.3 is 4.90 Å². The molecule has 3 aromatic rings. The summed E-state index contributed by atoms with van der Waals surface area (Å²) in [7, 11) is -3.99. The molecule has 1 aliphatic heterocycles. The number of piperazine rings is 1. The SMILES string of the molecule is O=C(CN(Cc1ccc(F)cc1)S(=O)(=O)c1ccc(Cl)cc1)N1CCN(Cc2ccccc2)CC1. The van der Waals surface area contributed by atoms with Crippen molar-refractivity contribution < 1.29 is 17.6 Å². The van der Waals surface area contributed by atoms with Crippen molar-refractivity contribution in [2.75, 3.05) is 32.7 Å². The molecular formula is C26H27ClFN3O3S. The van der Waals surface area contributed by atoms with Gasteiger partial charge in [0, 0.05) is 44.3 Å². The molecule has 0 unspecified atom stereocenters. The topological polar surface area (TPSA) is 60.9 Å². The molecule has 35 heavy (non-hydrogen) atoms. The third-order valence-corrected chi connectivity index (χ3v) is 8.07. The van der Waals surface area contributed by atoms with E-state index in [4.69, 9.17) is 11.6 Å². The van der Waals surface area contributed by atoms with E-state index in [9.17, 15) is 17.6 Å². The largest absolute Gasteiger partial charge is 0.339 e. The Morgan fingerprint density at radius 1 is 0.857 bits per heavy atom. The van der Waals surface area contributed by atoms with Crippen LogP contribution in [0.5, 0.6) is 0 Å². The Balaban J connectivity index is 1.46. The number of hydrogen-bond acceptors (Lipinski definition) is 4. The van der Waals surface area contributed by atoms with Gasteiger partial charge in [-0.1, -0.05) is 54.1 Å². The van der Waals surface area contributed by atoms with Crippen molar-refractivity contribution in [1.29, 1.82) is 0 Å². The van der Waals surface area contributed by atoms with E-state index in [1.807, 2.05) is 18.2 Å². The first-order valence-electron chi connectivity index (χ1n) is 11.4. The standard InChI is InChI=1S/C26H27ClFN3O3S/c27-23-8-12-25(13-9-23)35(33,34)31(19-22-6-10-24(28)11-7-22)20-26(32)30-16-14-29(15-17-30)18-21-4-2-1-3-5-21/h1-13H,14-20H2. The fourth-order valence-corrected chi connectivity index (χ4v) is 5.53. The van der Waals surface area contributed by atoms with Crippen molar-refractivity contribution in [3.63, 3.8) is 0 Å². The quantitative estimate of drug-likeness (QED) is 0.455. The molecule has 9 heteroatoms. The first-order valence-corrected chi connectivity index (χ1v) is 13.2. The summed E-state index contributed by atoms with van der Waals surface area (Å²) in [6.07, 6.45) is 0. The van der Waals surface area contributed by atoms with E-state index in [-0.39, 0.29) is 23.9 Å². The molecule has 0 spiro atoms. The predicted octanol–water partition coefficient (Wildman–Crippen LogP) is 4.01. The summed E-state index contributed by atoms with van der Waals surface area (Å²) in [5, 5.41) is 0.415. The Kier molecular flexibility index (Phi) is 8.18. The maximum atomic E-state index is 13.4. The zero-order valence-electron chi connectivity index (χ0n) is 19.2. The van der Waals surface area contributed by atoms with Crippen molar-refractivity contribution in [2.24, 2.45) is 0 Å². The van der Waals surface area contributed by atoms with Crippen LogP contribution in [0.2, 0.25) is 5.02 Å². The third kappa shape index (κ3) is 6.67. The number of amides is 1. The Hall–Kier alpha value is -2.78. The molecular weight excluding hydrogens is 489 g/mol. The zero-order chi connectivity index (χ0) is 24.8. The van der Waals surface area contributed by atoms with Crippen LogP contribution in [0.1, 0.15) is 11.1 Å². The lowest BCUT2D eigenvalue weighted by Crippen LogP contribution is -2.51. The minimum atomic E-state index is -3.99. The van der Waals surface area contributed by atoms with Gasteiger partial charge in [-0.15, -0.1) is 0 Å².